The maximum absolute atomic E-state index is 10.3. The summed E-state index contributed by atoms with van der Waals surface area (Å²) in [4.78, 5) is 18.6. The van der Waals surface area contributed by atoms with Crippen LogP contribution in [0.15, 0.2) is 83.9 Å². The summed E-state index contributed by atoms with van der Waals surface area (Å²) in [5.41, 5.74) is 1.90. The summed E-state index contributed by atoms with van der Waals surface area (Å²) >= 11 is 4.72. The first-order chi connectivity index (χ1) is 10.4. The summed E-state index contributed by atoms with van der Waals surface area (Å²) in [6, 6.07) is 19.9. The summed E-state index contributed by atoms with van der Waals surface area (Å²) in [6.07, 6.45) is 3.54. The summed E-state index contributed by atoms with van der Waals surface area (Å²) in [5.74, 6) is 0. The maximum Gasteiger partial charge on any atom is 0.0886 e. The third kappa shape index (κ3) is 7.32. The van der Waals surface area contributed by atoms with Crippen molar-refractivity contribution >= 4 is 19.5 Å². The number of hydrogen-bond donors (Lipinski definition) is 0. The van der Waals surface area contributed by atoms with Crippen molar-refractivity contribution in [3.63, 3.8) is 0 Å². The Hall–Kier alpha value is -1.29. The fourth-order valence-corrected chi connectivity index (χ4v) is 1.45. The van der Waals surface area contributed by atoms with Gasteiger partial charge in [-0.15, -0.1) is 12.1 Å². The van der Waals surface area contributed by atoms with Crippen LogP contribution in [0.3, 0.4) is 0 Å². The smallest absolute Gasteiger partial charge is 0.0886 e. The molecule has 5 heteroatoms. The molecule has 0 fully saturated rings. The minimum absolute atomic E-state index is 0.0718. The minimum atomic E-state index is 0.0718. The normalized spacial score (nSPS) is 8.71. The van der Waals surface area contributed by atoms with E-state index >= 15 is 0 Å². The van der Waals surface area contributed by atoms with Crippen LogP contribution in [-0.4, -0.2) is 9.97 Å². The van der Waals surface area contributed by atoms with Gasteiger partial charge in [0.05, 0.1) is 16.8 Å². The number of nitrogens with zero attached hydrogens (tertiary/aromatic N) is 2. The Balaban J connectivity index is 0.000000210. The molecule has 0 aliphatic heterocycles. The number of aromatic nitrogens is 2. The Labute approximate surface area is 145 Å². The van der Waals surface area contributed by atoms with E-state index in [1.165, 1.54) is 12.1 Å². The van der Waals surface area contributed by atoms with Crippen LogP contribution in [0.5, 0.6) is 0 Å². The van der Waals surface area contributed by atoms with Crippen molar-refractivity contribution in [3.05, 3.63) is 89.3 Å². The number of halogens is 1. The predicted octanol–water partition coefficient (Wildman–Crippen LogP) is 3.79. The third-order valence-corrected chi connectivity index (χ3v) is 2.34. The molecular formula is C16H13IN2OPd. The van der Waals surface area contributed by atoms with Gasteiger partial charge >= 0.3 is 35.1 Å². The van der Waals surface area contributed by atoms with Crippen LogP contribution in [0.2, 0.25) is 0 Å². The van der Waals surface area contributed by atoms with E-state index in [2.05, 4.69) is 25.6 Å². The molecule has 1 aromatic carbocycles. The summed E-state index contributed by atoms with van der Waals surface area (Å²) < 4.78 is 0. The van der Waals surface area contributed by atoms with Gasteiger partial charge in [-0.2, -0.15) is 18.2 Å². The van der Waals surface area contributed by atoms with Crippen molar-refractivity contribution in [1.29, 1.82) is 0 Å². The second-order valence-corrected chi connectivity index (χ2v) is 3.74. The average molecular weight is 483 g/mol. The zero-order chi connectivity index (χ0) is 15.3. The molecule has 0 amide bonds. The second-order valence-electron chi connectivity index (χ2n) is 3.74. The van der Waals surface area contributed by atoms with Crippen molar-refractivity contribution in [2.24, 2.45) is 0 Å². The predicted molar refractivity (Wildman–Crippen MR) is 89.8 cm³/mol. The molecule has 21 heavy (non-hydrogen) atoms. The van der Waals surface area contributed by atoms with E-state index in [0.29, 0.717) is 0 Å². The molecule has 0 saturated heterocycles. The monoisotopic (exact) mass is 482 g/mol. The van der Waals surface area contributed by atoms with Gasteiger partial charge in [0.2, 0.25) is 0 Å². The van der Waals surface area contributed by atoms with Crippen molar-refractivity contribution in [2.45, 2.75) is 0 Å². The average Bonchev–Trinajstić information content (AvgIpc) is 2.60. The summed E-state index contributed by atoms with van der Waals surface area (Å²) in [5, 5.41) is 0. The first-order valence-corrected chi connectivity index (χ1v) is 10.6. The number of pyridine rings is 2. The van der Waals surface area contributed by atoms with Crippen molar-refractivity contribution < 1.29 is 15.6 Å². The standard InChI is InChI=1S/C10H8N2.C6H5O.HI.Pd/c1-3-7-11-9(5-1)10-6-2-4-8-12-10;7-6-4-2-1-3-5-6;;/h1-8H;1-5H;1H;/q;-1;;+2/p-1. The molecule has 2 aromatic heterocycles. The number of benzene rings is 1. The third-order valence-electron chi connectivity index (χ3n) is 2.34. The molecule has 0 radical (unpaired) electrons. The molecule has 0 saturated carbocycles. The van der Waals surface area contributed by atoms with Crippen LogP contribution in [0.1, 0.15) is 0 Å². The van der Waals surface area contributed by atoms with Crippen LogP contribution in [0, 0.1) is 0 Å². The van der Waals surface area contributed by atoms with Crippen LogP contribution in [0.25, 0.3) is 11.4 Å². The Morgan fingerprint density at radius 2 is 1.33 bits per heavy atom. The molecular weight excluding hydrogens is 470 g/mol. The van der Waals surface area contributed by atoms with E-state index in [1.54, 1.807) is 24.5 Å². The van der Waals surface area contributed by atoms with Gasteiger partial charge in [-0.05, 0) is 24.3 Å². The fourth-order valence-electron chi connectivity index (χ4n) is 1.45. The van der Waals surface area contributed by atoms with E-state index in [4.69, 9.17) is 0 Å². The molecule has 3 aromatic rings. The molecule has 3 rings (SSSR count). The van der Waals surface area contributed by atoms with Gasteiger partial charge in [-0.3, -0.25) is 9.97 Å². The van der Waals surface area contributed by atoms with Gasteiger partial charge in [-0.25, -0.2) is 0 Å². The maximum atomic E-state index is 10.3. The molecule has 0 aliphatic carbocycles. The van der Waals surface area contributed by atoms with Crippen molar-refractivity contribution in [1.82, 2.24) is 9.97 Å². The minimum Gasteiger partial charge on any atom is -0.255 e. The van der Waals surface area contributed by atoms with Crippen LogP contribution < -0.4 is 5.43 Å². The van der Waals surface area contributed by atoms with Crippen LogP contribution >= 0.6 is 19.5 Å². The Morgan fingerprint density at radius 3 is 1.62 bits per heavy atom. The second kappa shape index (κ2) is 11.4. The first kappa shape index (κ1) is 17.8. The van der Waals surface area contributed by atoms with Gasteiger partial charge in [0.15, 0.2) is 0 Å². The molecule has 0 N–H and O–H groups in total. The van der Waals surface area contributed by atoms with Gasteiger partial charge in [0, 0.05) is 12.4 Å². The van der Waals surface area contributed by atoms with E-state index < -0.39 is 0 Å². The largest absolute Gasteiger partial charge is 0.255 e. The van der Waals surface area contributed by atoms with Gasteiger partial charge in [0.25, 0.3) is 0 Å². The van der Waals surface area contributed by atoms with E-state index in [1.807, 2.05) is 62.0 Å². The molecule has 2 heterocycles. The van der Waals surface area contributed by atoms with Gasteiger partial charge < -0.3 is 4.79 Å². The van der Waals surface area contributed by atoms with Gasteiger partial charge in [-0.1, -0.05) is 12.1 Å². The molecule has 0 bridgehead atoms. The zero-order valence-corrected chi connectivity index (χ0v) is 14.7. The van der Waals surface area contributed by atoms with Crippen LogP contribution in [-0.2, 0) is 15.6 Å². The van der Waals surface area contributed by atoms with Crippen LogP contribution in [0.4, 0.5) is 0 Å². The molecule has 3 nitrogen and oxygen atoms in total. The Kier molecular flexibility index (Phi) is 9.63. The van der Waals surface area contributed by atoms with Crippen molar-refractivity contribution in [2.75, 3.05) is 0 Å². The summed E-state index contributed by atoms with van der Waals surface area (Å²) in [7, 11) is 0. The van der Waals surface area contributed by atoms with E-state index in [-0.39, 0.29) is 5.43 Å². The molecule has 0 atom stereocenters. The SMILES string of the molecule is O=c1cccc[cH-]1.[Pd+][I].c1ccc(-c2ccccn2)nc1. The molecule has 0 spiro atoms. The first-order valence-electron chi connectivity index (χ1n) is 6.03. The Bertz CT molecular complexity index is 605. The number of para-hydroxylation sites is 1. The summed E-state index contributed by atoms with van der Waals surface area (Å²) in [6.45, 7) is 0. The van der Waals surface area contributed by atoms with Crippen molar-refractivity contribution in [3.8, 4) is 11.4 Å². The van der Waals surface area contributed by atoms with E-state index in [9.17, 15) is 4.79 Å². The van der Waals surface area contributed by atoms with E-state index in [0.717, 1.165) is 11.4 Å². The topological polar surface area (TPSA) is 42.9 Å². The number of rotatable bonds is 1. The molecule has 0 aliphatic rings. The quantitative estimate of drug-likeness (QED) is 0.301. The zero-order valence-electron chi connectivity index (χ0n) is 11.0. The fraction of sp³-hybridized carbons (Fsp3) is 0. The molecule has 0 unspecified atom stereocenters. The number of hydrogen-bond acceptors (Lipinski definition) is 3. The molecule has 110 valence electrons. The Morgan fingerprint density at radius 1 is 0.810 bits per heavy atom. The van der Waals surface area contributed by atoms with Gasteiger partial charge in [0.1, 0.15) is 0 Å².